The average molecular weight is 495 g/mol. The molecule has 0 aliphatic heterocycles. The quantitative estimate of drug-likeness (QED) is 0.210. The van der Waals surface area contributed by atoms with E-state index in [1.807, 2.05) is 19.1 Å². The smallest absolute Gasteiger partial charge is 0.248 e. The van der Waals surface area contributed by atoms with E-state index in [4.69, 9.17) is 11.6 Å². The minimum absolute atomic E-state index is 0.141. The Kier molecular flexibility index (Phi) is 7.45. The Balaban J connectivity index is 2.36. The Morgan fingerprint density at radius 3 is 1.71 bits per heavy atom. The topological polar surface area (TPSA) is 68.3 Å². The number of carbonyl (C=O) groups excluding carboxylic acids is 3. The lowest BCUT2D eigenvalue weighted by Crippen LogP contribution is -2.24. The number of carbonyl (C=O) groups is 3. The molecule has 0 aromatic heterocycles. The minimum Gasteiger partial charge on any atom is -0.302 e. The van der Waals surface area contributed by atoms with Crippen molar-refractivity contribution in [3.8, 4) is 0 Å². The fraction of sp³-hybridized carbons (Fsp3) is 0.250. The van der Waals surface area contributed by atoms with Crippen LogP contribution in [0, 0.1) is 41.5 Å². The molecule has 4 nitrogen and oxygen atoms in total. The van der Waals surface area contributed by atoms with Crippen molar-refractivity contribution in [1.82, 2.24) is 0 Å². The molecule has 6 heteroatoms. The Labute approximate surface area is 205 Å². The monoisotopic (exact) mass is 494 g/mol. The highest BCUT2D eigenvalue weighted by Crippen LogP contribution is 2.53. The molecule has 0 saturated carbocycles. The van der Waals surface area contributed by atoms with Crippen molar-refractivity contribution in [3.05, 3.63) is 98.6 Å². The van der Waals surface area contributed by atoms with Crippen molar-refractivity contribution in [2.24, 2.45) is 0 Å². The maximum atomic E-state index is 14.7. The summed E-state index contributed by atoms with van der Waals surface area (Å²) in [5.41, 5.74) is 3.27. The molecule has 0 bridgehead atoms. The van der Waals surface area contributed by atoms with Gasteiger partial charge in [0.2, 0.25) is 18.2 Å². The zero-order valence-corrected chi connectivity index (χ0v) is 21.9. The zero-order chi connectivity index (χ0) is 25.4. The third-order valence-corrected chi connectivity index (χ3v) is 9.03. The summed E-state index contributed by atoms with van der Waals surface area (Å²) < 4.78 is 14.7. The molecule has 176 valence electrons. The highest BCUT2D eigenvalue weighted by Gasteiger charge is 2.45. The zero-order valence-electron chi connectivity index (χ0n) is 20.3. The van der Waals surface area contributed by atoms with Gasteiger partial charge in [0.1, 0.15) is 0 Å². The van der Waals surface area contributed by atoms with E-state index in [1.54, 1.807) is 71.0 Å². The molecule has 0 amide bonds. The second kappa shape index (κ2) is 9.82. The van der Waals surface area contributed by atoms with Crippen LogP contribution in [0.3, 0.4) is 0 Å². The Hall–Kier alpha value is -2.81. The molecule has 1 atom stereocenters. The van der Waals surface area contributed by atoms with Gasteiger partial charge in [0.15, 0.2) is 5.78 Å². The first-order chi connectivity index (χ1) is 15.9. The van der Waals surface area contributed by atoms with Gasteiger partial charge in [-0.15, -0.1) is 11.6 Å². The van der Waals surface area contributed by atoms with Crippen LogP contribution in [0.2, 0.25) is 0 Å². The molecule has 0 spiro atoms. The van der Waals surface area contributed by atoms with Gasteiger partial charge in [-0.3, -0.25) is 14.4 Å². The van der Waals surface area contributed by atoms with Gasteiger partial charge in [-0.2, -0.15) is 0 Å². The van der Waals surface area contributed by atoms with E-state index >= 15 is 0 Å². The van der Waals surface area contributed by atoms with Crippen LogP contribution < -0.4 is 5.30 Å². The number of ketones is 1. The summed E-state index contributed by atoms with van der Waals surface area (Å²) in [5.74, 6) is -0.563. The highest BCUT2D eigenvalue weighted by molar-refractivity contribution is 8.01. The summed E-state index contributed by atoms with van der Waals surface area (Å²) in [7, 11) is -4.32. The molecule has 0 saturated heterocycles. The number of aryl methyl sites for hydroxylation is 5. The number of hydrogen-bond donors (Lipinski definition) is 0. The first kappa shape index (κ1) is 25.8. The van der Waals surface area contributed by atoms with Crippen LogP contribution >= 0.6 is 18.7 Å². The van der Waals surface area contributed by atoms with Gasteiger partial charge in [0.25, 0.3) is 0 Å². The maximum Gasteiger partial charge on any atom is 0.248 e. The van der Waals surface area contributed by atoms with E-state index in [9.17, 15) is 18.9 Å². The Bertz CT molecular complexity index is 1350. The standard InChI is InChI=1S/C28H28ClO4P/c1-16-12-17(2)24(18(3)13-16)27(31)34(33,22-10-8-7-9-11-22)28(32)26-20(5)14-19(4)25(21(26)6)23(30)15-29/h7-14H,15H2,1-6H3. The summed E-state index contributed by atoms with van der Waals surface area (Å²) in [6.45, 7) is 10.6. The van der Waals surface area contributed by atoms with Crippen molar-refractivity contribution in [3.63, 3.8) is 0 Å². The first-order valence-electron chi connectivity index (χ1n) is 11.0. The van der Waals surface area contributed by atoms with Gasteiger partial charge >= 0.3 is 0 Å². The molecule has 3 aromatic rings. The normalized spacial score (nSPS) is 12.8. The summed E-state index contributed by atoms with van der Waals surface area (Å²) in [6, 6.07) is 13.6. The third kappa shape index (κ3) is 4.33. The number of halogens is 1. The van der Waals surface area contributed by atoms with E-state index in [0.29, 0.717) is 38.9 Å². The van der Waals surface area contributed by atoms with Crippen LogP contribution in [0.1, 0.15) is 64.5 Å². The maximum absolute atomic E-state index is 14.7. The molecule has 34 heavy (non-hydrogen) atoms. The molecule has 0 radical (unpaired) electrons. The van der Waals surface area contributed by atoms with E-state index in [0.717, 1.165) is 5.56 Å². The van der Waals surface area contributed by atoms with Gasteiger partial charge in [-0.05, 0) is 69.4 Å². The highest BCUT2D eigenvalue weighted by atomic mass is 35.5. The van der Waals surface area contributed by atoms with Crippen LogP contribution in [0.5, 0.6) is 0 Å². The van der Waals surface area contributed by atoms with E-state index < -0.39 is 18.2 Å². The molecule has 1 unspecified atom stereocenters. The lowest BCUT2D eigenvalue weighted by atomic mass is 9.92. The third-order valence-electron chi connectivity index (χ3n) is 6.17. The molecule has 0 aliphatic carbocycles. The second-order valence-corrected chi connectivity index (χ2v) is 11.6. The van der Waals surface area contributed by atoms with Crippen LogP contribution in [0.15, 0.2) is 48.5 Å². The number of rotatable bonds is 7. The van der Waals surface area contributed by atoms with Crippen molar-refractivity contribution >= 4 is 40.9 Å². The molecule has 0 heterocycles. The summed E-state index contributed by atoms with van der Waals surface area (Å²) in [5, 5.41) is 0.175. The Morgan fingerprint density at radius 2 is 1.18 bits per heavy atom. The number of benzene rings is 3. The van der Waals surface area contributed by atoms with Crippen molar-refractivity contribution in [1.29, 1.82) is 0 Å². The minimum atomic E-state index is -4.32. The Morgan fingerprint density at radius 1 is 0.706 bits per heavy atom. The number of Topliss-reactive ketones (excluding diaryl/α,β-unsaturated/α-hetero) is 1. The predicted octanol–water partition coefficient (Wildman–Crippen LogP) is 6.63. The number of alkyl halides is 1. The van der Waals surface area contributed by atoms with Crippen LogP contribution in [0.4, 0.5) is 0 Å². The molecule has 0 fully saturated rings. The first-order valence-corrected chi connectivity index (χ1v) is 13.2. The van der Waals surface area contributed by atoms with Gasteiger partial charge < -0.3 is 4.57 Å². The van der Waals surface area contributed by atoms with Gasteiger partial charge in [0.05, 0.1) is 5.88 Å². The SMILES string of the molecule is Cc1cc(C)c(C(=O)P(=O)(C(=O)c2c(C)cc(C)c(C(=O)CCl)c2C)c2ccccc2)c(C)c1. The van der Waals surface area contributed by atoms with E-state index in [1.165, 1.54) is 0 Å². The number of hydrogen-bond acceptors (Lipinski definition) is 4. The van der Waals surface area contributed by atoms with Crippen molar-refractivity contribution in [2.45, 2.75) is 41.5 Å². The fourth-order valence-corrected chi connectivity index (χ4v) is 7.51. The molecule has 3 rings (SSSR count). The summed E-state index contributed by atoms with van der Waals surface area (Å²) in [6.07, 6.45) is 0. The largest absolute Gasteiger partial charge is 0.302 e. The fourth-order valence-electron chi connectivity index (χ4n) is 4.81. The van der Waals surface area contributed by atoms with Crippen LogP contribution in [-0.4, -0.2) is 22.7 Å². The molecule has 0 N–H and O–H groups in total. The average Bonchev–Trinajstić information content (AvgIpc) is 2.77. The van der Waals surface area contributed by atoms with Gasteiger partial charge in [0, 0.05) is 22.0 Å². The van der Waals surface area contributed by atoms with Gasteiger partial charge in [-0.25, -0.2) is 0 Å². The summed E-state index contributed by atoms with van der Waals surface area (Å²) in [4.78, 5) is 40.7. The van der Waals surface area contributed by atoms with Crippen molar-refractivity contribution < 1.29 is 18.9 Å². The molecule has 3 aromatic carbocycles. The van der Waals surface area contributed by atoms with Crippen molar-refractivity contribution in [2.75, 3.05) is 5.88 Å². The molecule has 0 aliphatic rings. The predicted molar refractivity (Wildman–Crippen MR) is 139 cm³/mol. The van der Waals surface area contributed by atoms with Gasteiger partial charge in [-0.1, -0.05) is 54.1 Å². The van der Waals surface area contributed by atoms with Crippen LogP contribution in [0.25, 0.3) is 0 Å². The lowest BCUT2D eigenvalue weighted by Gasteiger charge is -2.22. The second-order valence-electron chi connectivity index (χ2n) is 8.77. The summed E-state index contributed by atoms with van der Waals surface area (Å²) >= 11 is 5.82. The van der Waals surface area contributed by atoms with Crippen LogP contribution in [-0.2, 0) is 4.57 Å². The van der Waals surface area contributed by atoms with E-state index in [2.05, 4.69) is 0 Å². The molecular formula is C28H28ClO4P. The van der Waals surface area contributed by atoms with E-state index in [-0.39, 0.29) is 22.5 Å². The molecular weight excluding hydrogens is 467 g/mol. The lowest BCUT2D eigenvalue weighted by molar-refractivity contribution is 0.101.